The second-order valence-corrected chi connectivity index (χ2v) is 6.42. The van der Waals surface area contributed by atoms with Crippen LogP contribution in [0.3, 0.4) is 0 Å². The molecule has 1 aliphatic heterocycles. The van der Waals surface area contributed by atoms with Gasteiger partial charge in [0.2, 0.25) is 0 Å². The molecule has 0 N–H and O–H groups in total. The van der Waals surface area contributed by atoms with Gasteiger partial charge in [-0.1, -0.05) is 60.7 Å². The number of hydrogen-bond acceptors (Lipinski definition) is 3. The molecule has 2 aromatic carbocycles. The van der Waals surface area contributed by atoms with E-state index in [1.165, 1.54) is 11.1 Å². The van der Waals surface area contributed by atoms with E-state index in [0.717, 1.165) is 19.3 Å². The maximum atomic E-state index is 6.43. The lowest BCUT2D eigenvalue weighted by atomic mass is 9.86. The van der Waals surface area contributed by atoms with Crippen LogP contribution in [0.5, 0.6) is 0 Å². The molecule has 0 aliphatic carbocycles. The van der Waals surface area contributed by atoms with Gasteiger partial charge in [0, 0.05) is 20.1 Å². The number of rotatable bonds is 6. The molecule has 3 heteroatoms. The molecular weight excluding hydrogens is 300 g/mol. The van der Waals surface area contributed by atoms with E-state index in [1.54, 1.807) is 14.2 Å². The molecular formula is C21H26O3. The number of methoxy groups -OCH3 is 2. The fourth-order valence-corrected chi connectivity index (χ4v) is 3.65. The summed E-state index contributed by atoms with van der Waals surface area (Å²) in [7, 11) is 3.43. The van der Waals surface area contributed by atoms with E-state index in [0.29, 0.717) is 5.92 Å². The standard InChI is InChI=1S/C21H26O3/c1-22-21(23-2)18-14-19(13-16-9-5-3-6-10-16)24-20(15-18)17-11-7-4-8-12-17/h3-12,18-21H,13-15H2,1-2H3/t18-,19+,20+/m0/s1. The maximum Gasteiger partial charge on any atom is 0.159 e. The topological polar surface area (TPSA) is 27.7 Å². The molecule has 1 saturated heterocycles. The van der Waals surface area contributed by atoms with E-state index < -0.39 is 0 Å². The average molecular weight is 326 g/mol. The number of ether oxygens (including phenoxy) is 3. The summed E-state index contributed by atoms with van der Waals surface area (Å²) < 4.78 is 17.5. The van der Waals surface area contributed by atoms with E-state index in [9.17, 15) is 0 Å². The molecule has 1 aliphatic rings. The fraction of sp³-hybridized carbons (Fsp3) is 0.429. The second kappa shape index (κ2) is 8.43. The molecule has 1 fully saturated rings. The minimum Gasteiger partial charge on any atom is -0.370 e. The molecule has 1 heterocycles. The van der Waals surface area contributed by atoms with Gasteiger partial charge in [-0.25, -0.2) is 0 Å². The molecule has 0 amide bonds. The van der Waals surface area contributed by atoms with Crippen LogP contribution in [0.25, 0.3) is 0 Å². The Hall–Kier alpha value is -1.68. The van der Waals surface area contributed by atoms with Crippen LogP contribution in [-0.2, 0) is 20.6 Å². The van der Waals surface area contributed by atoms with Gasteiger partial charge in [-0.3, -0.25) is 0 Å². The first-order chi connectivity index (χ1) is 11.8. The molecule has 128 valence electrons. The van der Waals surface area contributed by atoms with Crippen molar-refractivity contribution in [2.24, 2.45) is 5.92 Å². The predicted octanol–water partition coefficient (Wildman–Crippen LogP) is 4.38. The Morgan fingerprint density at radius 1 is 0.917 bits per heavy atom. The summed E-state index contributed by atoms with van der Waals surface area (Å²) in [4.78, 5) is 0. The minimum atomic E-state index is -0.182. The zero-order valence-electron chi connectivity index (χ0n) is 14.4. The molecule has 0 aromatic heterocycles. The van der Waals surface area contributed by atoms with Gasteiger partial charge in [0.05, 0.1) is 12.2 Å². The van der Waals surface area contributed by atoms with E-state index in [2.05, 4.69) is 48.5 Å². The maximum absolute atomic E-state index is 6.43. The van der Waals surface area contributed by atoms with Crippen molar-refractivity contribution < 1.29 is 14.2 Å². The van der Waals surface area contributed by atoms with Gasteiger partial charge >= 0.3 is 0 Å². The van der Waals surface area contributed by atoms with Crippen molar-refractivity contribution in [1.29, 1.82) is 0 Å². The Morgan fingerprint density at radius 3 is 2.17 bits per heavy atom. The van der Waals surface area contributed by atoms with Crippen molar-refractivity contribution in [3.05, 3.63) is 71.8 Å². The third-order valence-electron chi connectivity index (χ3n) is 4.77. The fourth-order valence-electron chi connectivity index (χ4n) is 3.65. The third kappa shape index (κ3) is 4.23. The highest BCUT2D eigenvalue weighted by Gasteiger charge is 2.35. The van der Waals surface area contributed by atoms with Crippen molar-refractivity contribution in [3.8, 4) is 0 Å². The van der Waals surface area contributed by atoms with Gasteiger partial charge in [-0.15, -0.1) is 0 Å². The summed E-state index contributed by atoms with van der Waals surface area (Å²) in [5.74, 6) is 0.327. The smallest absolute Gasteiger partial charge is 0.159 e. The van der Waals surface area contributed by atoms with Crippen molar-refractivity contribution >= 4 is 0 Å². The zero-order valence-corrected chi connectivity index (χ0v) is 14.4. The lowest BCUT2D eigenvalue weighted by Crippen LogP contribution is -2.37. The minimum absolute atomic E-state index is 0.0893. The van der Waals surface area contributed by atoms with Gasteiger partial charge in [0.15, 0.2) is 6.29 Å². The summed E-state index contributed by atoms with van der Waals surface area (Å²) in [5.41, 5.74) is 2.53. The van der Waals surface area contributed by atoms with Crippen LogP contribution in [0.2, 0.25) is 0 Å². The van der Waals surface area contributed by atoms with E-state index in [1.807, 2.05) is 12.1 Å². The number of hydrogen-bond donors (Lipinski definition) is 0. The summed E-state index contributed by atoms with van der Waals surface area (Å²) in [6.45, 7) is 0. The molecule has 0 spiro atoms. The first-order valence-electron chi connectivity index (χ1n) is 8.60. The normalized spacial score (nSPS) is 24.2. The number of benzene rings is 2. The van der Waals surface area contributed by atoms with Crippen LogP contribution in [0.1, 0.15) is 30.1 Å². The first kappa shape index (κ1) is 17.2. The highest BCUT2D eigenvalue weighted by atomic mass is 16.7. The summed E-state index contributed by atoms with van der Waals surface area (Å²) in [6.07, 6.45) is 2.86. The Balaban J connectivity index is 1.78. The van der Waals surface area contributed by atoms with Crippen LogP contribution in [-0.4, -0.2) is 26.6 Å². The molecule has 0 bridgehead atoms. The lowest BCUT2D eigenvalue weighted by molar-refractivity contribution is -0.180. The summed E-state index contributed by atoms with van der Waals surface area (Å²) in [5, 5.41) is 0. The Labute approximate surface area is 144 Å². The Bertz CT molecular complexity index is 595. The molecule has 3 nitrogen and oxygen atoms in total. The third-order valence-corrected chi connectivity index (χ3v) is 4.77. The average Bonchev–Trinajstić information content (AvgIpc) is 2.64. The molecule has 0 saturated carbocycles. The van der Waals surface area contributed by atoms with Crippen molar-refractivity contribution in [1.82, 2.24) is 0 Å². The Kier molecular flexibility index (Phi) is 6.02. The molecule has 0 unspecified atom stereocenters. The highest BCUT2D eigenvalue weighted by Crippen LogP contribution is 2.38. The van der Waals surface area contributed by atoms with Crippen LogP contribution in [0, 0.1) is 5.92 Å². The van der Waals surface area contributed by atoms with Gasteiger partial charge in [-0.05, 0) is 30.4 Å². The molecule has 2 aromatic rings. The second-order valence-electron chi connectivity index (χ2n) is 6.42. The first-order valence-corrected chi connectivity index (χ1v) is 8.60. The monoisotopic (exact) mass is 326 g/mol. The van der Waals surface area contributed by atoms with Crippen molar-refractivity contribution in [2.75, 3.05) is 14.2 Å². The SMILES string of the molecule is COC(OC)[C@H]1C[C@@H](Cc2ccccc2)O[C@@H](c2ccccc2)C1. The van der Waals surface area contributed by atoms with Crippen molar-refractivity contribution in [2.45, 2.75) is 37.8 Å². The molecule has 0 radical (unpaired) electrons. The summed E-state index contributed by atoms with van der Waals surface area (Å²) in [6, 6.07) is 21.0. The van der Waals surface area contributed by atoms with Crippen LogP contribution in [0.15, 0.2) is 60.7 Å². The van der Waals surface area contributed by atoms with Gasteiger partial charge in [-0.2, -0.15) is 0 Å². The van der Waals surface area contributed by atoms with Gasteiger partial charge < -0.3 is 14.2 Å². The van der Waals surface area contributed by atoms with E-state index in [-0.39, 0.29) is 18.5 Å². The quantitative estimate of drug-likeness (QED) is 0.737. The Morgan fingerprint density at radius 2 is 1.54 bits per heavy atom. The van der Waals surface area contributed by atoms with Crippen LogP contribution >= 0.6 is 0 Å². The molecule has 24 heavy (non-hydrogen) atoms. The van der Waals surface area contributed by atoms with Gasteiger partial charge in [0.1, 0.15) is 0 Å². The van der Waals surface area contributed by atoms with Crippen LogP contribution in [0.4, 0.5) is 0 Å². The van der Waals surface area contributed by atoms with Gasteiger partial charge in [0.25, 0.3) is 0 Å². The largest absolute Gasteiger partial charge is 0.370 e. The summed E-state index contributed by atoms with van der Waals surface area (Å²) >= 11 is 0. The highest BCUT2D eigenvalue weighted by molar-refractivity contribution is 5.19. The van der Waals surface area contributed by atoms with Crippen LogP contribution < -0.4 is 0 Å². The zero-order chi connectivity index (χ0) is 16.8. The van der Waals surface area contributed by atoms with E-state index in [4.69, 9.17) is 14.2 Å². The molecule has 3 atom stereocenters. The van der Waals surface area contributed by atoms with E-state index >= 15 is 0 Å². The van der Waals surface area contributed by atoms with Crippen molar-refractivity contribution in [3.63, 3.8) is 0 Å². The predicted molar refractivity (Wildman–Crippen MR) is 94.7 cm³/mol. The lowest BCUT2D eigenvalue weighted by Gasteiger charge is -2.38. The molecule has 3 rings (SSSR count).